The molecule has 0 amide bonds. The molecule has 0 radical (unpaired) electrons. The van der Waals surface area contributed by atoms with E-state index in [-0.39, 0.29) is 35.9 Å². The molecule has 0 spiro atoms. The number of pyridine rings is 2. The average molecular weight is 459 g/mol. The summed E-state index contributed by atoms with van der Waals surface area (Å²) < 4.78 is 39.5. The van der Waals surface area contributed by atoms with Gasteiger partial charge in [0.25, 0.3) is 0 Å². The molecular formula is C20H22N6O5S. The van der Waals surface area contributed by atoms with Crippen LogP contribution in [0.15, 0.2) is 53.9 Å². The summed E-state index contributed by atoms with van der Waals surface area (Å²) in [6.07, 6.45) is 6.40. The Hall–Kier alpha value is -3.35. The molecule has 12 heteroatoms. The molecular weight excluding hydrogens is 436 g/mol. The largest absolute Gasteiger partial charge is 0.465 e. The van der Waals surface area contributed by atoms with Gasteiger partial charge in [0.15, 0.2) is 5.82 Å². The number of hydrogen-bond acceptors (Lipinski definition) is 9. The smallest absolute Gasteiger partial charge is 0.339 e. The Morgan fingerprint density at radius 3 is 2.69 bits per heavy atom. The molecule has 32 heavy (non-hydrogen) atoms. The van der Waals surface area contributed by atoms with E-state index in [0.29, 0.717) is 19.0 Å². The van der Waals surface area contributed by atoms with Crippen LogP contribution in [0.5, 0.6) is 0 Å². The highest BCUT2D eigenvalue weighted by Crippen LogP contribution is 2.25. The molecule has 0 saturated carbocycles. The highest BCUT2D eigenvalue weighted by atomic mass is 32.2. The molecule has 0 unspecified atom stereocenters. The molecule has 3 aromatic rings. The Morgan fingerprint density at radius 1 is 1.22 bits per heavy atom. The molecule has 168 valence electrons. The van der Waals surface area contributed by atoms with E-state index < -0.39 is 16.0 Å². The molecule has 1 aliphatic rings. The van der Waals surface area contributed by atoms with Gasteiger partial charge in [0, 0.05) is 44.4 Å². The second-order valence-electron chi connectivity index (χ2n) is 6.91. The Labute approximate surface area is 185 Å². The number of anilines is 1. The summed E-state index contributed by atoms with van der Waals surface area (Å²) in [5.74, 6) is 0.135. The first-order valence-corrected chi connectivity index (χ1v) is 11.3. The predicted octanol–water partition coefficient (Wildman–Crippen LogP) is 1.08. The number of hydrogen-bond donors (Lipinski definition) is 1. The predicted molar refractivity (Wildman–Crippen MR) is 114 cm³/mol. The molecule has 4 heterocycles. The summed E-state index contributed by atoms with van der Waals surface area (Å²) in [4.78, 5) is 20.4. The van der Waals surface area contributed by atoms with Crippen molar-refractivity contribution in [3.05, 3.63) is 60.2 Å². The minimum absolute atomic E-state index is 0.0510. The van der Waals surface area contributed by atoms with Crippen molar-refractivity contribution in [3.8, 4) is 5.82 Å². The van der Waals surface area contributed by atoms with Crippen LogP contribution in [-0.2, 0) is 26.0 Å². The van der Waals surface area contributed by atoms with Gasteiger partial charge in [0.2, 0.25) is 10.0 Å². The van der Waals surface area contributed by atoms with Crippen LogP contribution in [0.2, 0.25) is 0 Å². The summed E-state index contributed by atoms with van der Waals surface area (Å²) >= 11 is 0. The van der Waals surface area contributed by atoms with Gasteiger partial charge in [-0.15, -0.1) is 0 Å². The van der Waals surface area contributed by atoms with Crippen LogP contribution >= 0.6 is 0 Å². The van der Waals surface area contributed by atoms with E-state index in [4.69, 9.17) is 9.47 Å². The molecule has 1 N–H and O–H groups in total. The molecule has 0 aromatic carbocycles. The lowest BCUT2D eigenvalue weighted by Crippen LogP contribution is -2.41. The Morgan fingerprint density at radius 2 is 2.03 bits per heavy atom. The maximum absolute atomic E-state index is 13.3. The highest BCUT2D eigenvalue weighted by Gasteiger charge is 2.30. The van der Waals surface area contributed by atoms with Crippen molar-refractivity contribution < 1.29 is 22.7 Å². The van der Waals surface area contributed by atoms with Crippen molar-refractivity contribution in [2.24, 2.45) is 0 Å². The quantitative estimate of drug-likeness (QED) is 0.517. The van der Waals surface area contributed by atoms with Gasteiger partial charge in [-0.05, 0) is 23.8 Å². The number of rotatable bonds is 7. The third-order valence-corrected chi connectivity index (χ3v) is 6.78. The van der Waals surface area contributed by atoms with Gasteiger partial charge in [-0.1, -0.05) is 6.07 Å². The van der Waals surface area contributed by atoms with E-state index >= 15 is 0 Å². The average Bonchev–Trinajstić information content (AvgIpc) is 3.38. The number of ether oxygens (including phenoxy) is 2. The molecule has 1 fully saturated rings. The number of carbonyl (C=O) groups excluding carboxylic acids is 1. The van der Waals surface area contributed by atoms with Gasteiger partial charge >= 0.3 is 5.97 Å². The van der Waals surface area contributed by atoms with E-state index in [9.17, 15) is 13.2 Å². The van der Waals surface area contributed by atoms with Crippen molar-refractivity contribution in [1.29, 1.82) is 0 Å². The van der Waals surface area contributed by atoms with Crippen LogP contribution in [0.3, 0.4) is 0 Å². The van der Waals surface area contributed by atoms with Crippen molar-refractivity contribution in [1.82, 2.24) is 24.1 Å². The molecule has 4 rings (SSSR count). The van der Waals surface area contributed by atoms with Gasteiger partial charge in [-0.3, -0.25) is 0 Å². The number of esters is 1. The van der Waals surface area contributed by atoms with Crippen LogP contribution in [0.25, 0.3) is 5.82 Å². The molecule has 11 nitrogen and oxygen atoms in total. The van der Waals surface area contributed by atoms with Gasteiger partial charge in [-0.25, -0.2) is 27.9 Å². The summed E-state index contributed by atoms with van der Waals surface area (Å²) in [6.45, 7) is 1.34. The number of carbonyl (C=O) groups is 1. The van der Waals surface area contributed by atoms with Gasteiger partial charge in [0.05, 0.1) is 25.9 Å². The second kappa shape index (κ2) is 9.42. The SMILES string of the molecule is COC(=O)c1cnc(NCc2ccc(-n3cccn3)nc2)c(S(=O)(=O)N2CCOCC2)c1. The molecule has 1 aliphatic heterocycles. The number of nitrogens with one attached hydrogen (secondary N) is 1. The van der Waals surface area contributed by atoms with E-state index in [1.807, 2.05) is 12.1 Å². The van der Waals surface area contributed by atoms with E-state index in [1.54, 1.807) is 29.3 Å². The van der Waals surface area contributed by atoms with Crippen molar-refractivity contribution >= 4 is 21.8 Å². The van der Waals surface area contributed by atoms with E-state index in [2.05, 4.69) is 20.4 Å². The zero-order valence-corrected chi connectivity index (χ0v) is 18.2. The fourth-order valence-electron chi connectivity index (χ4n) is 3.18. The molecule has 0 aliphatic carbocycles. The Bertz CT molecular complexity index is 1180. The fraction of sp³-hybridized carbons (Fsp3) is 0.300. The fourth-order valence-corrected chi connectivity index (χ4v) is 4.73. The number of nitrogens with zero attached hydrogens (tertiary/aromatic N) is 5. The number of sulfonamides is 1. The summed E-state index contributed by atoms with van der Waals surface area (Å²) in [5.41, 5.74) is 0.865. The Balaban J connectivity index is 1.59. The van der Waals surface area contributed by atoms with Crippen LogP contribution in [0.4, 0.5) is 5.82 Å². The van der Waals surface area contributed by atoms with Crippen LogP contribution < -0.4 is 5.32 Å². The van der Waals surface area contributed by atoms with Gasteiger partial charge < -0.3 is 14.8 Å². The molecule has 3 aromatic heterocycles. The lowest BCUT2D eigenvalue weighted by molar-refractivity contribution is 0.0600. The molecule has 0 atom stereocenters. The van der Waals surface area contributed by atoms with E-state index in [1.165, 1.54) is 23.7 Å². The molecule has 1 saturated heterocycles. The molecule has 0 bridgehead atoms. The van der Waals surface area contributed by atoms with Crippen LogP contribution in [0.1, 0.15) is 15.9 Å². The normalized spacial score (nSPS) is 14.8. The van der Waals surface area contributed by atoms with Crippen molar-refractivity contribution in [2.45, 2.75) is 11.4 Å². The third-order valence-electron chi connectivity index (χ3n) is 4.87. The zero-order chi connectivity index (χ0) is 22.6. The highest BCUT2D eigenvalue weighted by molar-refractivity contribution is 7.89. The maximum Gasteiger partial charge on any atom is 0.339 e. The second-order valence-corrected chi connectivity index (χ2v) is 8.81. The summed E-state index contributed by atoms with van der Waals surface area (Å²) in [6, 6.07) is 6.75. The summed E-state index contributed by atoms with van der Waals surface area (Å²) in [5, 5.41) is 7.18. The lowest BCUT2D eigenvalue weighted by Gasteiger charge is -2.27. The number of methoxy groups -OCH3 is 1. The van der Waals surface area contributed by atoms with E-state index in [0.717, 1.165) is 5.56 Å². The zero-order valence-electron chi connectivity index (χ0n) is 17.3. The van der Waals surface area contributed by atoms with Crippen molar-refractivity contribution in [3.63, 3.8) is 0 Å². The first kappa shape index (κ1) is 21.9. The minimum Gasteiger partial charge on any atom is -0.465 e. The van der Waals surface area contributed by atoms with Gasteiger partial charge in [0.1, 0.15) is 10.7 Å². The topological polar surface area (TPSA) is 129 Å². The monoisotopic (exact) mass is 458 g/mol. The lowest BCUT2D eigenvalue weighted by atomic mass is 10.2. The Kier molecular flexibility index (Phi) is 6.44. The third kappa shape index (κ3) is 4.61. The number of morpholine rings is 1. The standard InChI is InChI=1S/C20H22N6O5S/c1-30-20(27)16-11-17(32(28,29)25-7-9-31-10-8-25)19(23-14-16)22-13-15-3-4-18(21-12-15)26-6-2-5-24-26/h2-6,11-12,14H,7-10,13H2,1H3,(H,22,23). The van der Waals surface area contributed by atoms with Crippen molar-refractivity contribution in [2.75, 3.05) is 38.7 Å². The first-order valence-electron chi connectivity index (χ1n) is 9.84. The van der Waals surface area contributed by atoms with Crippen LogP contribution in [-0.4, -0.2) is 71.9 Å². The first-order chi connectivity index (χ1) is 15.5. The van der Waals surface area contributed by atoms with Gasteiger partial charge in [-0.2, -0.15) is 9.40 Å². The number of aromatic nitrogens is 4. The van der Waals surface area contributed by atoms with Crippen LogP contribution in [0, 0.1) is 0 Å². The minimum atomic E-state index is -3.90. The summed E-state index contributed by atoms with van der Waals surface area (Å²) in [7, 11) is -2.68. The maximum atomic E-state index is 13.3.